The van der Waals surface area contributed by atoms with Gasteiger partial charge in [0.05, 0.1) is 5.71 Å². The Balaban J connectivity index is 2.04. The molecule has 80 valence electrons. The Morgan fingerprint density at radius 3 is 2.88 bits per heavy atom. The molecular weight excluding hydrogens is 222 g/mol. The van der Waals surface area contributed by atoms with Gasteiger partial charge in [-0.2, -0.15) is 0 Å². The van der Waals surface area contributed by atoms with E-state index >= 15 is 0 Å². The van der Waals surface area contributed by atoms with Crippen LogP contribution in [-0.2, 0) is 0 Å². The standard InChI is InChI=1S/C12H10ClN3/c13-11-8-10(9-4-2-1-3-5-9)15-12-6-7-14-16(11)12/h1-6,8,14H,7H2. The fourth-order valence-corrected chi connectivity index (χ4v) is 2.02. The van der Waals surface area contributed by atoms with Crippen LogP contribution < -0.4 is 5.43 Å². The van der Waals surface area contributed by atoms with E-state index in [0.29, 0.717) is 5.16 Å². The Hall–Kier alpha value is -1.58. The molecule has 1 N–H and O–H groups in total. The van der Waals surface area contributed by atoms with E-state index in [1.807, 2.05) is 42.5 Å². The van der Waals surface area contributed by atoms with Gasteiger partial charge in [-0.25, -0.2) is 15.4 Å². The summed E-state index contributed by atoms with van der Waals surface area (Å²) in [7, 11) is 0. The molecule has 0 unspecified atom stereocenters. The second-order valence-electron chi connectivity index (χ2n) is 3.59. The number of halogens is 1. The molecule has 2 aliphatic rings. The summed E-state index contributed by atoms with van der Waals surface area (Å²) in [5.74, 6) is 0.867. The van der Waals surface area contributed by atoms with Crippen LogP contribution in [0.4, 0.5) is 0 Å². The van der Waals surface area contributed by atoms with Gasteiger partial charge < -0.3 is 0 Å². The first-order chi connectivity index (χ1) is 7.84. The summed E-state index contributed by atoms with van der Waals surface area (Å²) < 4.78 is 0. The Morgan fingerprint density at radius 1 is 1.25 bits per heavy atom. The monoisotopic (exact) mass is 231 g/mol. The van der Waals surface area contributed by atoms with Crippen molar-refractivity contribution < 1.29 is 0 Å². The van der Waals surface area contributed by atoms with Gasteiger partial charge in [-0.1, -0.05) is 41.9 Å². The molecule has 0 spiro atoms. The first kappa shape index (κ1) is 9.63. The third-order valence-electron chi connectivity index (χ3n) is 2.54. The average molecular weight is 232 g/mol. The van der Waals surface area contributed by atoms with Gasteiger partial charge in [0.1, 0.15) is 11.0 Å². The third kappa shape index (κ3) is 1.54. The minimum atomic E-state index is 0.651. The van der Waals surface area contributed by atoms with E-state index < -0.39 is 0 Å². The smallest absolute Gasteiger partial charge is 0.146 e. The molecular formula is C12H10ClN3. The summed E-state index contributed by atoms with van der Waals surface area (Å²) in [5, 5.41) is 2.44. The average Bonchev–Trinajstić information content (AvgIpc) is 2.79. The fraction of sp³-hybridized carbons (Fsp3) is 0.0833. The molecule has 3 nitrogen and oxygen atoms in total. The number of allylic oxidation sites excluding steroid dienone is 1. The normalized spacial score (nSPS) is 18.8. The van der Waals surface area contributed by atoms with Crippen LogP contribution in [0.1, 0.15) is 5.56 Å². The van der Waals surface area contributed by atoms with Crippen LogP contribution >= 0.6 is 11.6 Å². The van der Waals surface area contributed by atoms with Crippen LogP contribution in [0.3, 0.4) is 0 Å². The largest absolute Gasteiger partial charge is 0.248 e. The molecule has 4 heteroatoms. The SMILES string of the molecule is ClC1=CC(c2ccccc2)=NC2=CCNN12. The molecule has 1 aromatic rings. The second-order valence-corrected chi connectivity index (χ2v) is 3.98. The van der Waals surface area contributed by atoms with Gasteiger partial charge in [0, 0.05) is 18.2 Å². The Labute approximate surface area is 98.7 Å². The van der Waals surface area contributed by atoms with E-state index in [0.717, 1.165) is 23.6 Å². The minimum absolute atomic E-state index is 0.651. The maximum Gasteiger partial charge on any atom is 0.146 e. The topological polar surface area (TPSA) is 27.6 Å². The van der Waals surface area contributed by atoms with E-state index in [1.165, 1.54) is 0 Å². The number of nitrogens with zero attached hydrogens (tertiary/aromatic N) is 2. The number of fused-ring (bicyclic) bond motifs is 1. The third-order valence-corrected chi connectivity index (χ3v) is 2.82. The van der Waals surface area contributed by atoms with Gasteiger partial charge in [-0.15, -0.1) is 0 Å². The van der Waals surface area contributed by atoms with Gasteiger partial charge in [-0.3, -0.25) is 0 Å². The van der Waals surface area contributed by atoms with Crippen LogP contribution in [-0.4, -0.2) is 17.3 Å². The Bertz CT molecular complexity index is 502. The highest BCUT2D eigenvalue weighted by Gasteiger charge is 2.22. The molecule has 0 amide bonds. The zero-order chi connectivity index (χ0) is 11.0. The van der Waals surface area contributed by atoms with Crippen molar-refractivity contribution in [2.24, 2.45) is 4.99 Å². The number of hydrogen-bond acceptors (Lipinski definition) is 3. The molecule has 0 saturated carbocycles. The molecule has 0 saturated heterocycles. The zero-order valence-electron chi connectivity index (χ0n) is 8.52. The van der Waals surface area contributed by atoms with Gasteiger partial charge >= 0.3 is 0 Å². The molecule has 0 radical (unpaired) electrons. The summed E-state index contributed by atoms with van der Waals surface area (Å²) in [6, 6.07) is 10.0. The molecule has 0 fully saturated rings. The summed E-state index contributed by atoms with van der Waals surface area (Å²) in [4.78, 5) is 4.54. The molecule has 0 atom stereocenters. The molecule has 3 rings (SSSR count). The highest BCUT2D eigenvalue weighted by Crippen LogP contribution is 2.24. The molecule has 2 aliphatic heterocycles. The van der Waals surface area contributed by atoms with Crippen molar-refractivity contribution >= 4 is 17.3 Å². The maximum atomic E-state index is 6.17. The quantitative estimate of drug-likeness (QED) is 0.751. The highest BCUT2D eigenvalue weighted by atomic mass is 35.5. The Morgan fingerprint density at radius 2 is 2.06 bits per heavy atom. The number of aliphatic imine (C=N–C) groups is 1. The lowest BCUT2D eigenvalue weighted by molar-refractivity contribution is 0.371. The molecule has 16 heavy (non-hydrogen) atoms. The molecule has 1 aromatic carbocycles. The number of hydrogen-bond donors (Lipinski definition) is 1. The van der Waals surface area contributed by atoms with Crippen LogP contribution in [0.15, 0.2) is 58.5 Å². The minimum Gasteiger partial charge on any atom is -0.248 e. The number of rotatable bonds is 1. The van der Waals surface area contributed by atoms with Crippen molar-refractivity contribution in [2.75, 3.05) is 6.54 Å². The predicted molar refractivity (Wildman–Crippen MR) is 64.8 cm³/mol. The van der Waals surface area contributed by atoms with Gasteiger partial charge in [0.25, 0.3) is 0 Å². The van der Waals surface area contributed by atoms with Gasteiger partial charge in [0.15, 0.2) is 0 Å². The van der Waals surface area contributed by atoms with Crippen molar-refractivity contribution in [3.05, 3.63) is 59.0 Å². The fourth-order valence-electron chi connectivity index (χ4n) is 1.77. The van der Waals surface area contributed by atoms with Crippen molar-refractivity contribution in [3.63, 3.8) is 0 Å². The van der Waals surface area contributed by atoms with Crippen LogP contribution in [0.25, 0.3) is 0 Å². The second kappa shape index (κ2) is 3.77. The zero-order valence-corrected chi connectivity index (χ0v) is 9.28. The van der Waals surface area contributed by atoms with E-state index in [9.17, 15) is 0 Å². The van der Waals surface area contributed by atoms with Gasteiger partial charge in [-0.05, 0) is 6.08 Å². The summed E-state index contributed by atoms with van der Waals surface area (Å²) in [6.07, 6.45) is 3.88. The first-order valence-electron chi connectivity index (χ1n) is 5.10. The number of nitrogens with one attached hydrogen (secondary N) is 1. The lowest BCUT2D eigenvalue weighted by atomic mass is 10.1. The van der Waals surface area contributed by atoms with E-state index in [-0.39, 0.29) is 0 Å². The molecule has 0 bridgehead atoms. The van der Waals surface area contributed by atoms with Crippen molar-refractivity contribution in [1.29, 1.82) is 0 Å². The summed E-state index contributed by atoms with van der Waals surface area (Å²) in [6.45, 7) is 0.769. The van der Waals surface area contributed by atoms with Crippen molar-refractivity contribution in [1.82, 2.24) is 10.4 Å². The number of hydrazine groups is 1. The predicted octanol–water partition coefficient (Wildman–Crippen LogP) is 2.23. The van der Waals surface area contributed by atoms with Crippen molar-refractivity contribution in [3.8, 4) is 0 Å². The van der Waals surface area contributed by atoms with Crippen LogP contribution in [0.5, 0.6) is 0 Å². The first-order valence-corrected chi connectivity index (χ1v) is 5.47. The lowest BCUT2D eigenvalue weighted by Crippen LogP contribution is -2.31. The Kier molecular flexibility index (Phi) is 2.27. The maximum absolute atomic E-state index is 6.17. The van der Waals surface area contributed by atoms with Crippen LogP contribution in [0.2, 0.25) is 0 Å². The van der Waals surface area contributed by atoms with Crippen LogP contribution in [0, 0.1) is 0 Å². The lowest BCUT2D eigenvalue weighted by Gasteiger charge is -2.22. The van der Waals surface area contributed by atoms with Crippen molar-refractivity contribution in [2.45, 2.75) is 0 Å². The van der Waals surface area contributed by atoms with Gasteiger partial charge in [0.2, 0.25) is 0 Å². The summed E-state index contributed by atoms with van der Waals surface area (Å²) in [5.41, 5.74) is 5.09. The molecule has 0 aromatic heterocycles. The number of benzene rings is 1. The summed E-state index contributed by atoms with van der Waals surface area (Å²) >= 11 is 6.17. The van der Waals surface area contributed by atoms with E-state index in [1.54, 1.807) is 5.01 Å². The molecule has 2 heterocycles. The van der Waals surface area contributed by atoms with E-state index in [2.05, 4.69) is 10.4 Å². The van der Waals surface area contributed by atoms with E-state index in [4.69, 9.17) is 11.6 Å². The highest BCUT2D eigenvalue weighted by molar-refractivity contribution is 6.32. The molecule has 0 aliphatic carbocycles.